The maximum atomic E-state index is 11.2. The Labute approximate surface area is 130 Å². The molecular formula is C12H14ClN3O6. The van der Waals surface area contributed by atoms with Gasteiger partial charge in [-0.05, 0) is 12.8 Å². The zero-order chi connectivity index (χ0) is 15.9. The summed E-state index contributed by atoms with van der Waals surface area (Å²) in [6.45, 7) is 0.543. The molecule has 1 aromatic rings. The number of carboxylic acid groups (broad SMARTS) is 1. The number of aromatic nitrogens is 1. The summed E-state index contributed by atoms with van der Waals surface area (Å²) in [5, 5.41) is 15.0. The Bertz CT molecular complexity index is 567. The van der Waals surface area contributed by atoms with Gasteiger partial charge < -0.3 is 19.1 Å². The van der Waals surface area contributed by atoms with Crippen LogP contribution in [0.2, 0.25) is 0 Å². The Hall–Kier alpha value is -2.13. The average Bonchev–Trinajstić information content (AvgIpc) is 2.96. The third-order valence-electron chi connectivity index (χ3n) is 2.72. The van der Waals surface area contributed by atoms with Gasteiger partial charge in [0.2, 0.25) is 17.9 Å². The predicted molar refractivity (Wildman–Crippen MR) is 74.7 cm³/mol. The Morgan fingerprint density at radius 2 is 2.36 bits per heavy atom. The van der Waals surface area contributed by atoms with Gasteiger partial charge in [-0.3, -0.25) is 10.1 Å². The van der Waals surface area contributed by atoms with E-state index < -0.39 is 23.9 Å². The minimum absolute atomic E-state index is 0.0896. The van der Waals surface area contributed by atoms with Crippen LogP contribution in [0.4, 0.5) is 6.01 Å². The number of carbonyl (C=O) groups is 2. The van der Waals surface area contributed by atoms with Crippen molar-refractivity contribution in [2.24, 2.45) is 5.16 Å². The van der Waals surface area contributed by atoms with E-state index in [1.165, 1.54) is 0 Å². The van der Waals surface area contributed by atoms with Gasteiger partial charge in [-0.15, -0.1) is 11.6 Å². The topological polar surface area (TPSA) is 123 Å². The SMILES string of the molecule is O=C(CCl)Nc1nc(/C(=N/OC2CCCCO2)C(=O)O)co1. The fourth-order valence-electron chi connectivity index (χ4n) is 1.69. The highest BCUT2D eigenvalue weighted by atomic mass is 35.5. The molecule has 2 N–H and O–H groups in total. The van der Waals surface area contributed by atoms with Crippen molar-refractivity contribution in [2.75, 3.05) is 17.8 Å². The number of nitrogens with one attached hydrogen (secondary N) is 1. The lowest BCUT2D eigenvalue weighted by atomic mass is 10.2. The number of hydrogen-bond donors (Lipinski definition) is 2. The summed E-state index contributed by atoms with van der Waals surface area (Å²) in [6, 6.07) is -0.177. The van der Waals surface area contributed by atoms with E-state index in [1.54, 1.807) is 0 Å². The number of rotatable bonds is 6. The third-order valence-corrected chi connectivity index (χ3v) is 2.96. The van der Waals surface area contributed by atoms with Crippen LogP contribution in [0.15, 0.2) is 15.8 Å². The molecule has 2 heterocycles. The van der Waals surface area contributed by atoms with Crippen molar-refractivity contribution in [2.45, 2.75) is 25.6 Å². The molecule has 0 spiro atoms. The summed E-state index contributed by atoms with van der Waals surface area (Å²) in [4.78, 5) is 31.2. The Morgan fingerprint density at radius 1 is 1.55 bits per heavy atom. The van der Waals surface area contributed by atoms with Crippen LogP contribution in [0.3, 0.4) is 0 Å². The molecule has 0 aliphatic carbocycles. The summed E-state index contributed by atoms with van der Waals surface area (Å²) in [5.41, 5.74) is -0.544. The van der Waals surface area contributed by atoms with E-state index in [9.17, 15) is 9.59 Å². The molecule has 1 aliphatic rings. The normalized spacial score (nSPS) is 18.8. The molecule has 2 rings (SSSR count). The molecule has 9 nitrogen and oxygen atoms in total. The monoisotopic (exact) mass is 331 g/mol. The van der Waals surface area contributed by atoms with Crippen molar-refractivity contribution in [1.29, 1.82) is 0 Å². The van der Waals surface area contributed by atoms with Crippen LogP contribution in [-0.4, -0.2) is 46.5 Å². The lowest BCUT2D eigenvalue weighted by molar-refractivity contribution is -0.162. The van der Waals surface area contributed by atoms with Crippen molar-refractivity contribution in [1.82, 2.24) is 4.98 Å². The van der Waals surface area contributed by atoms with Gasteiger partial charge in [0.1, 0.15) is 17.8 Å². The number of oxime groups is 1. The maximum Gasteiger partial charge on any atom is 0.360 e. The molecular weight excluding hydrogens is 318 g/mol. The fraction of sp³-hybridized carbons (Fsp3) is 0.500. The molecule has 22 heavy (non-hydrogen) atoms. The number of halogens is 1. The van der Waals surface area contributed by atoms with Crippen LogP contribution in [-0.2, 0) is 19.2 Å². The van der Waals surface area contributed by atoms with Crippen molar-refractivity contribution in [3.8, 4) is 0 Å². The van der Waals surface area contributed by atoms with Crippen LogP contribution >= 0.6 is 11.6 Å². The number of carboxylic acids is 1. The second kappa shape index (κ2) is 7.76. The van der Waals surface area contributed by atoms with Crippen molar-refractivity contribution >= 4 is 35.2 Å². The molecule has 1 saturated heterocycles. The number of alkyl halides is 1. The maximum absolute atomic E-state index is 11.2. The molecule has 1 unspecified atom stereocenters. The number of hydrogen-bond acceptors (Lipinski definition) is 7. The highest BCUT2D eigenvalue weighted by molar-refractivity contribution is 6.41. The first kappa shape index (κ1) is 16.2. The van der Waals surface area contributed by atoms with Gasteiger partial charge >= 0.3 is 12.0 Å². The molecule has 10 heteroatoms. The molecule has 0 saturated carbocycles. The summed E-state index contributed by atoms with van der Waals surface area (Å²) in [6.07, 6.45) is 2.95. The summed E-state index contributed by atoms with van der Waals surface area (Å²) in [7, 11) is 0. The second-order valence-corrected chi connectivity index (χ2v) is 4.63. The van der Waals surface area contributed by atoms with Crippen LogP contribution < -0.4 is 5.32 Å². The average molecular weight is 332 g/mol. The zero-order valence-corrected chi connectivity index (χ0v) is 12.2. The standard InChI is InChI=1S/C12H14ClN3O6/c13-5-8(17)15-12-14-7(6-21-12)10(11(18)19)16-22-9-3-1-2-4-20-9/h6,9H,1-5H2,(H,18,19)(H,14,15,17)/b16-10-. The first-order valence-electron chi connectivity index (χ1n) is 6.50. The first-order valence-corrected chi connectivity index (χ1v) is 7.04. The highest BCUT2D eigenvalue weighted by Gasteiger charge is 2.21. The van der Waals surface area contributed by atoms with E-state index in [-0.39, 0.29) is 17.6 Å². The molecule has 1 fully saturated rings. The molecule has 1 aliphatic heterocycles. The summed E-state index contributed by atoms with van der Waals surface area (Å²) in [5.74, 6) is -2.16. The Morgan fingerprint density at radius 3 is 3.00 bits per heavy atom. The van der Waals surface area contributed by atoms with Gasteiger partial charge in [-0.1, -0.05) is 5.16 Å². The quantitative estimate of drug-likeness (QED) is 0.455. The van der Waals surface area contributed by atoms with Crippen LogP contribution in [0.5, 0.6) is 0 Å². The molecule has 1 atom stereocenters. The second-order valence-electron chi connectivity index (χ2n) is 4.37. The lowest BCUT2D eigenvalue weighted by Crippen LogP contribution is -2.23. The molecule has 120 valence electrons. The fourth-order valence-corrected chi connectivity index (χ4v) is 1.76. The number of oxazole rings is 1. The predicted octanol–water partition coefficient (Wildman–Crippen LogP) is 1.18. The number of carbonyl (C=O) groups excluding carboxylic acids is 1. The van der Waals surface area contributed by atoms with Gasteiger partial charge in [-0.2, -0.15) is 4.98 Å². The van der Waals surface area contributed by atoms with E-state index in [0.29, 0.717) is 13.0 Å². The molecule has 1 aromatic heterocycles. The van der Waals surface area contributed by atoms with Gasteiger partial charge in [0.05, 0.1) is 6.61 Å². The Kier molecular flexibility index (Phi) is 5.73. The van der Waals surface area contributed by atoms with Gasteiger partial charge in [0.15, 0.2) is 0 Å². The first-order chi connectivity index (χ1) is 10.6. The number of amides is 1. The highest BCUT2D eigenvalue weighted by Crippen LogP contribution is 2.15. The minimum Gasteiger partial charge on any atom is -0.476 e. The number of ether oxygens (including phenoxy) is 1. The van der Waals surface area contributed by atoms with E-state index in [2.05, 4.69) is 15.5 Å². The largest absolute Gasteiger partial charge is 0.476 e. The summed E-state index contributed by atoms with van der Waals surface area (Å²) < 4.78 is 10.2. The van der Waals surface area contributed by atoms with Crippen molar-refractivity contribution in [3.63, 3.8) is 0 Å². The van der Waals surface area contributed by atoms with Crippen LogP contribution in [0.25, 0.3) is 0 Å². The Balaban J connectivity index is 2.06. The summed E-state index contributed by atoms with van der Waals surface area (Å²) >= 11 is 5.32. The van der Waals surface area contributed by atoms with Gasteiger partial charge in [0.25, 0.3) is 0 Å². The lowest BCUT2D eigenvalue weighted by Gasteiger charge is -2.20. The van der Waals surface area contributed by atoms with Crippen molar-refractivity contribution < 1.29 is 28.7 Å². The van der Waals surface area contributed by atoms with Gasteiger partial charge in [0, 0.05) is 6.42 Å². The molecule has 0 aromatic carbocycles. The van der Waals surface area contributed by atoms with E-state index in [0.717, 1.165) is 19.1 Å². The number of aliphatic carboxylic acids is 1. The van der Waals surface area contributed by atoms with E-state index in [4.69, 9.17) is 30.7 Å². The van der Waals surface area contributed by atoms with Crippen molar-refractivity contribution in [3.05, 3.63) is 12.0 Å². The molecule has 0 bridgehead atoms. The number of anilines is 1. The smallest absolute Gasteiger partial charge is 0.360 e. The minimum atomic E-state index is -1.35. The number of nitrogens with zero attached hydrogens (tertiary/aromatic N) is 2. The van der Waals surface area contributed by atoms with E-state index >= 15 is 0 Å². The van der Waals surface area contributed by atoms with Crippen LogP contribution in [0, 0.1) is 0 Å². The van der Waals surface area contributed by atoms with Gasteiger partial charge in [-0.25, -0.2) is 4.79 Å². The van der Waals surface area contributed by atoms with E-state index in [1.807, 2.05) is 0 Å². The van der Waals surface area contributed by atoms with Crippen LogP contribution in [0.1, 0.15) is 25.0 Å². The molecule has 1 amide bonds. The molecule has 0 radical (unpaired) electrons. The zero-order valence-electron chi connectivity index (χ0n) is 11.5. The third kappa shape index (κ3) is 4.43.